The van der Waals surface area contributed by atoms with Gasteiger partial charge in [-0.1, -0.05) is 30.2 Å². The highest BCUT2D eigenvalue weighted by Crippen LogP contribution is 2.23. The van der Waals surface area contributed by atoms with E-state index in [4.69, 9.17) is 12.2 Å². The normalized spacial score (nSPS) is 9.77. The minimum absolute atomic E-state index is 0.742. The predicted octanol–water partition coefficient (Wildman–Crippen LogP) is 2.40. The topological polar surface area (TPSA) is 26.0 Å². The minimum Gasteiger partial charge on any atom is -0.398 e. The molecule has 0 spiro atoms. The molecule has 0 aromatic heterocycles. The second-order valence-corrected chi connectivity index (χ2v) is 2.90. The molecule has 2 aromatic carbocycles. The molecule has 0 saturated heterocycles. The van der Waals surface area contributed by atoms with Crippen molar-refractivity contribution in [1.82, 2.24) is 0 Å². The molecule has 0 heterocycles. The zero-order chi connectivity index (χ0) is 9.26. The van der Waals surface area contributed by atoms with Crippen molar-refractivity contribution in [3.8, 4) is 12.3 Å². The molecular formula is C12H9N. The summed E-state index contributed by atoms with van der Waals surface area (Å²) in [4.78, 5) is 0. The third kappa shape index (κ3) is 1.13. The van der Waals surface area contributed by atoms with Crippen LogP contribution in [0.4, 0.5) is 5.69 Å². The number of hydrogen-bond acceptors (Lipinski definition) is 1. The van der Waals surface area contributed by atoms with Crippen LogP contribution in [0.1, 0.15) is 5.56 Å². The van der Waals surface area contributed by atoms with Crippen LogP contribution in [0.5, 0.6) is 0 Å². The summed E-state index contributed by atoms with van der Waals surface area (Å²) in [6, 6.07) is 11.6. The lowest BCUT2D eigenvalue weighted by atomic mass is 10.0. The molecule has 0 aliphatic heterocycles. The number of benzene rings is 2. The van der Waals surface area contributed by atoms with Crippen LogP contribution < -0.4 is 5.73 Å². The molecule has 62 valence electrons. The Morgan fingerprint density at radius 3 is 2.46 bits per heavy atom. The fraction of sp³-hybridized carbons (Fsp3) is 0. The van der Waals surface area contributed by atoms with Crippen molar-refractivity contribution in [3.63, 3.8) is 0 Å². The Morgan fingerprint density at radius 1 is 1.08 bits per heavy atom. The van der Waals surface area contributed by atoms with Crippen LogP contribution in [-0.4, -0.2) is 0 Å². The SMILES string of the molecule is C#Cc1cccc2cccc(N)c12. The summed E-state index contributed by atoms with van der Waals surface area (Å²) in [5, 5.41) is 2.07. The van der Waals surface area contributed by atoms with Crippen LogP contribution in [0.2, 0.25) is 0 Å². The second kappa shape index (κ2) is 2.84. The molecule has 13 heavy (non-hydrogen) atoms. The van der Waals surface area contributed by atoms with Crippen LogP contribution in [0.15, 0.2) is 36.4 Å². The Morgan fingerprint density at radius 2 is 1.77 bits per heavy atom. The lowest BCUT2D eigenvalue weighted by Crippen LogP contribution is -1.88. The van der Waals surface area contributed by atoms with E-state index >= 15 is 0 Å². The molecule has 0 bridgehead atoms. The number of terminal acetylenes is 1. The maximum atomic E-state index is 5.84. The Labute approximate surface area is 77.2 Å². The van der Waals surface area contributed by atoms with Gasteiger partial charge >= 0.3 is 0 Å². The van der Waals surface area contributed by atoms with E-state index < -0.39 is 0 Å². The average Bonchev–Trinajstić information content (AvgIpc) is 2.17. The molecule has 1 heteroatoms. The maximum absolute atomic E-state index is 5.84. The lowest BCUT2D eigenvalue weighted by Gasteiger charge is -2.03. The van der Waals surface area contributed by atoms with Crippen molar-refractivity contribution >= 4 is 16.5 Å². The lowest BCUT2D eigenvalue weighted by molar-refractivity contribution is 1.69. The van der Waals surface area contributed by atoms with E-state index in [1.807, 2.05) is 36.4 Å². The van der Waals surface area contributed by atoms with Crippen molar-refractivity contribution in [1.29, 1.82) is 0 Å². The molecule has 0 aliphatic carbocycles. The molecule has 0 unspecified atom stereocenters. The van der Waals surface area contributed by atoms with Gasteiger partial charge in [0.25, 0.3) is 0 Å². The second-order valence-electron chi connectivity index (χ2n) is 2.90. The quantitative estimate of drug-likeness (QED) is 0.473. The highest BCUT2D eigenvalue weighted by Gasteiger charge is 2.00. The molecule has 0 saturated carbocycles. The van der Waals surface area contributed by atoms with E-state index in [2.05, 4.69) is 5.92 Å². The molecule has 0 atom stereocenters. The van der Waals surface area contributed by atoms with Crippen molar-refractivity contribution in [2.45, 2.75) is 0 Å². The first-order valence-electron chi connectivity index (χ1n) is 4.07. The van der Waals surface area contributed by atoms with Crippen molar-refractivity contribution in [2.24, 2.45) is 0 Å². The van der Waals surface area contributed by atoms with Gasteiger partial charge < -0.3 is 5.73 Å². The van der Waals surface area contributed by atoms with Gasteiger partial charge in [0.1, 0.15) is 0 Å². The van der Waals surface area contributed by atoms with Crippen LogP contribution in [0, 0.1) is 12.3 Å². The first-order chi connectivity index (χ1) is 6.33. The van der Waals surface area contributed by atoms with E-state index in [9.17, 15) is 0 Å². The highest BCUT2D eigenvalue weighted by atomic mass is 14.5. The highest BCUT2D eigenvalue weighted by molar-refractivity contribution is 5.97. The first-order valence-corrected chi connectivity index (χ1v) is 4.07. The number of anilines is 1. The Balaban J connectivity index is 2.97. The Hall–Kier alpha value is -1.94. The smallest absolute Gasteiger partial charge is 0.0406 e. The molecule has 2 rings (SSSR count). The van der Waals surface area contributed by atoms with Crippen molar-refractivity contribution in [2.75, 3.05) is 5.73 Å². The summed E-state index contributed by atoms with van der Waals surface area (Å²) in [7, 11) is 0. The van der Waals surface area contributed by atoms with Gasteiger partial charge in [-0.25, -0.2) is 0 Å². The predicted molar refractivity (Wildman–Crippen MR) is 56.3 cm³/mol. The van der Waals surface area contributed by atoms with Crippen molar-refractivity contribution in [3.05, 3.63) is 42.0 Å². The van der Waals surface area contributed by atoms with E-state index in [1.54, 1.807) is 0 Å². The number of hydrogen-bond donors (Lipinski definition) is 1. The molecule has 2 aromatic rings. The first kappa shape index (κ1) is 7.70. The summed E-state index contributed by atoms with van der Waals surface area (Å²) in [6.07, 6.45) is 5.38. The number of fused-ring (bicyclic) bond motifs is 1. The van der Waals surface area contributed by atoms with E-state index in [1.165, 1.54) is 0 Å². The number of rotatable bonds is 0. The van der Waals surface area contributed by atoms with Crippen molar-refractivity contribution < 1.29 is 0 Å². The Kier molecular flexibility index (Phi) is 1.68. The minimum atomic E-state index is 0.742. The fourth-order valence-electron chi connectivity index (χ4n) is 1.49. The van der Waals surface area contributed by atoms with Gasteiger partial charge in [-0.05, 0) is 17.5 Å². The summed E-state index contributed by atoms with van der Waals surface area (Å²) >= 11 is 0. The zero-order valence-corrected chi connectivity index (χ0v) is 7.12. The van der Waals surface area contributed by atoms with E-state index in [0.29, 0.717) is 0 Å². The monoisotopic (exact) mass is 167 g/mol. The fourth-order valence-corrected chi connectivity index (χ4v) is 1.49. The Bertz CT molecular complexity index is 487. The van der Waals surface area contributed by atoms with Crippen LogP contribution in [-0.2, 0) is 0 Å². The van der Waals surface area contributed by atoms with Gasteiger partial charge in [-0.2, -0.15) is 0 Å². The van der Waals surface area contributed by atoms with Gasteiger partial charge in [0.05, 0.1) is 0 Å². The molecule has 1 nitrogen and oxygen atoms in total. The van der Waals surface area contributed by atoms with Gasteiger partial charge in [0, 0.05) is 16.6 Å². The van der Waals surface area contributed by atoms with Crippen LogP contribution in [0.25, 0.3) is 10.8 Å². The maximum Gasteiger partial charge on any atom is 0.0406 e. The zero-order valence-electron chi connectivity index (χ0n) is 7.12. The molecule has 2 N–H and O–H groups in total. The van der Waals surface area contributed by atoms with E-state index in [0.717, 1.165) is 22.0 Å². The summed E-state index contributed by atoms with van der Waals surface area (Å²) in [6.45, 7) is 0. The largest absolute Gasteiger partial charge is 0.398 e. The summed E-state index contributed by atoms with van der Waals surface area (Å²) < 4.78 is 0. The van der Waals surface area contributed by atoms with Crippen LogP contribution >= 0.6 is 0 Å². The standard InChI is InChI=1S/C12H9N/c1-2-9-5-3-6-10-7-4-8-11(13)12(9)10/h1,3-8H,13H2. The van der Waals surface area contributed by atoms with Gasteiger partial charge in [0.2, 0.25) is 0 Å². The third-order valence-corrected chi connectivity index (χ3v) is 2.09. The van der Waals surface area contributed by atoms with Crippen LogP contribution in [0.3, 0.4) is 0 Å². The molecule has 0 fully saturated rings. The number of nitrogens with two attached hydrogens (primary N) is 1. The van der Waals surface area contributed by atoms with Gasteiger partial charge in [-0.3, -0.25) is 0 Å². The third-order valence-electron chi connectivity index (χ3n) is 2.09. The summed E-state index contributed by atoms with van der Waals surface area (Å²) in [5.74, 6) is 2.63. The van der Waals surface area contributed by atoms with E-state index in [-0.39, 0.29) is 0 Å². The molecule has 0 amide bonds. The summed E-state index contributed by atoms with van der Waals surface area (Å²) in [5.41, 5.74) is 7.44. The van der Waals surface area contributed by atoms with Gasteiger partial charge in [0.15, 0.2) is 0 Å². The van der Waals surface area contributed by atoms with Gasteiger partial charge in [-0.15, -0.1) is 6.42 Å². The molecule has 0 aliphatic rings. The molecular weight excluding hydrogens is 158 g/mol. The average molecular weight is 167 g/mol. The number of nitrogen functional groups attached to an aromatic ring is 1. The molecule has 0 radical (unpaired) electrons.